The minimum absolute atomic E-state index is 0.0133. The van der Waals surface area contributed by atoms with Gasteiger partial charge in [0.2, 0.25) is 11.8 Å². The quantitative estimate of drug-likeness (QED) is 0.0199. The van der Waals surface area contributed by atoms with Gasteiger partial charge in [-0.2, -0.15) is 0 Å². The molecule has 0 rings (SSSR count). The van der Waals surface area contributed by atoms with Crippen molar-refractivity contribution in [3.8, 4) is 0 Å². The highest BCUT2D eigenvalue weighted by Gasteiger charge is 2.25. The van der Waals surface area contributed by atoms with E-state index in [1.165, 1.54) is 38.3 Å². The number of aliphatic hydroxyl groups is 6. The van der Waals surface area contributed by atoms with Gasteiger partial charge in [-0.3, -0.25) is 62.8 Å². The molecule has 0 unspecified atom stereocenters. The van der Waals surface area contributed by atoms with Crippen LogP contribution in [0.1, 0.15) is 13.8 Å². The third-order valence-corrected chi connectivity index (χ3v) is 13.2. The first-order valence-corrected chi connectivity index (χ1v) is 34.2. The van der Waals surface area contributed by atoms with E-state index in [1.807, 2.05) is 0 Å². The van der Waals surface area contributed by atoms with Crippen molar-refractivity contribution in [2.24, 2.45) is 0 Å². The molecule has 0 aliphatic rings. The fourth-order valence-electron chi connectivity index (χ4n) is 8.54. The predicted octanol–water partition coefficient (Wildman–Crippen LogP) is -12.0. The van der Waals surface area contributed by atoms with Crippen LogP contribution in [-0.4, -0.2) is 474 Å². The van der Waals surface area contributed by atoms with Gasteiger partial charge in [0.25, 0.3) is 0 Å². The summed E-state index contributed by atoms with van der Waals surface area (Å²) in [5.41, 5.74) is 3.78. The molecule has 46 heteroatoms. The summed E-state index contributed by atoms with van der Waals surface area (Å²) >= 11 is 0. The number of aliphatic carboxylic acids is 7. The standard InChI is InChI=1S/C32H61N7O19.C14H35N7O.C14H24N2O10/c1-24(40)33-2-4-37(32(54)39(23-30(51)52)9-13-58-17-15-56-11-7-36(20-27(45)46)21-28(47)48)5-3-34-31(53)38(22-29(49)50)8-12-57-16-14-55-10-6-35(18-25(41)42)19-26(43)44;1-14(22)21-13-12-20-11-10-19-9-8-18-7-6-17-5-4-16-3-2-15;17-11(18)7-15(8-12(19)20)1-3-25-5-6-26-4-2-16(9-13(21)22)10-14(23)24/h27-28,30,45-48,51-52H,2-23H2,1H3,(H,33,40)(H,34,53)(H,41,42)(H,43,44)(H,49,50);16-20H,2-13,15H2,1H3,(H,21,22);1-10H2,(H,17,18)(H,19,20)(H,21,22)(H,23,24)/p+1. The second-order valence-electron chi connectivity index (χ2n) is 22.7. The molecular weight excluding hydrogens is 1420 g/mol. The van der Waals surface area contributed by atoms with Gasteiger partial charge in [-0.1, -0.05) is 0 Å². The van der Waals surface area contributed by atoms with Crippen LogP contribution in [0.25, 0.3) is 0 Å². The van der Waals surface area contributed by atoms with Crippen LogP contribution in [-0.2, 0) is 71.6 Å². The topological polar surface area (TPSA) is 653 Å². The Morgan fingerprint density at radius 3 is 0.849 bits per heavy atom. The van der Waals surface area contributed by atoms with E-state index in [2.05, 4.69) is 48.3 Å². The highest BCUT2D eigenvalue weighted by atomic mass is 16.5. The van der Waals surface area contributed by atoms with Crippen LogP contribution in [0.4, 0.5) is 9.59 Å². The van der Waals surface area contributed by atoms with Gasteiger partial charge in [-0.25, -0.2) is 9.59 Å². The number of carboxylic acid groups (broad SMARTS) is 7. The molecule has 0 aromatic carbocycles. The molecule has 0 saturated heterocycles. The molecule has 0 aromatic heterocycles. The van der Waals surface area contributed by atoms with Crippen molar-refractivity contribution >= 4 is 65.7 Å². The summed E-state index contributed by atoms with van der Waals surface area (Å²) in [5.74, 6) is -8.60. The first-order valence-electron chi connectivity index (χ1n) is 34.2. The van der Waals surface area contributed by atoms with Gasteiger partial charge in [0.1, 0.15) is 6.54 Å². The zero-order valence-electron chi connectivity index (χ0n) is 60.9. The maximum Gasteiger partial charge on any atom is 0.323 e. The Morgan fingerprint density at radius 2 is 0.557 bits per heavy atom. The molecule has 0 spiro atoms. The summed E-state index contributed by atoms with van der Waals surface area (Å²) in [7, 11) is 0. The Balaban J connectivity index is -0.00000180. The van der Waals surface area contributed by atoms with Crippen molar-refractivity contribution in [2.45, 2.75) is 32.7 Å². The summed E-state index contributed by atoms with van der Waals surface area (Å²) in [6.07, 6.45) is -5.29. The maximum atomic E-state index is 13.5. The van der Waals surface area contributed by atoms with E-state index >= 15 is 0 Å². The summed E-state index contributed by atoms with van der Waals surface area (Å²) in [6.45, 7) is 10.4. The maximum absolute atomic E-state index is 13.5. The van der Waals surface area contributed by atoms with E-state index in [0.29, 0.717) is 6.54 Å². The zero-order chi connectivity index (χ0) is 80.1. The first-order chi connectivity index (χ1) is 50.4. The van der Waals surface area contributed by atoms with Gasteiger partial charge in [0, 0.05) is 164 Å². The number of nitrogens with one attached hydrogen (secondary N) is 8. The number of urea groups is 2. The summed E-state index contributed by atoms with van der Waals surface area (Å²) < 4.78 is 32.0. The highest BCUT2D eigenvalue weighted by Crippen LogP contribution is 2.03. The van der Waals surface area contributed by atoms with E-state index in [9.17, 15) is 68.1 Å². The minimum atomic E-state index is -1.92. The number of aliphatic hydroxyl groups excluding tert-OH is 3. The van der Waals surface area contributed by atoms with E-state index in [4.69, 9.17) is 79.5 Å². The van der Waals surface area contributed by atoms with Crippen molar-refractivity contribution in [3.05, 3.63) is 0 Å². The van der Waals surface area contributed by atoms with Crippen LogP contribution in [0.3, 0.4) is 0 Å². The minimum Gasteiger partial charge on any atom is -0.480 e. The number of hydrogen-bond acceptors (Lipinski definition) is 32. The Bertz CT molecular complexity index is 2240. The molecule has 0 fully saturated rings. The molecule has 106 heavy (non-hydrogen) atoms. The van der Waals surface area contributed by atoms with Crippen molar-refractivity contribution in [1.29, 1.82) is 0 Å². The molecule has 0 bridgehead atoms. The third-order valence-electron chi connectivity index (χ3n) is 13.2. The van der Waals surface area contributed by atoms with E-state index < -0.39 is 125 Å². The van der Waals surface area contributed by atoms with Crippen LogP contribution >= 0.6 is 0 Å². The second kappa shape index (κ2) is 70.8. The SMILES string of the molecule is CC(=O)NCCN(CCNC(=O)N(CCOCCOCCN(CC(=O)O)CC(=O)O)CC(=O)O)C(=O)N(CCOCCOCCN(CC(O)O)CC(O)O)CC(O)O.CC(=O)NCCNCCNCCNCCNCCNCC[NH3+].O=C(O)CN(CCOCCOCCN(CC(=O)O)CC(=O)O)CC(=O)O. The average molecular weight is 1550 g/mol. The second-order valence-corrected chi connectivity index (χ2v) is 22.7. The number of ether oxygens (including phenoxy) is 6. The lowest BCUT2D eigenvalue weighted by Gasteiger charge is -2.31. The molecule has 620 valence electrons. The molecule has 46 nitrogen and oxygen atoms in total. The van der Waals surface area contributed by atoms with Crippen molar-refractivity contribution < 1.29 is 153 Å². The monoisotopic (exact) mass is 1550 g/mol. The first kappa shape index (κ1) is 103. The molecule has 24 N–H and O–H groups in total. The predicted molar refractivity (Wildman–Crippen MR) is 372 cm³/mol. The van der Waals surface area contributed by atoms with Crippen molar-refractivity contribution in [2.75, 3.05) is 289 Å². The van der Waals surface area contributed by atoms with Crippen molar-refractivity contribution in [1.82, 2.24) is 76.8 Å². The Labute approximate surface area is 615 Å². The molecule has 6 amide bonds. The summed E-state index contributed by atoms with van der Waals surface area (Å²) in [5, 5.41) is 142. The Hall–Kier alpha value is -7.11. The molecule has 0 heterocycles. The molecule has 0 atom stereocenters. The van der Waals surface area contributed by atoms with Gasteiger partial charge >= 0.3 is 53.8 Å². The Kier molecular flexibility index (Phi) is 68.9. The van der Waals surface area contributed by atoms with Gasteiger partial charge in [-0.15, -0.1) is 0 Å². The number of carboxylic acids is 7. The summed E-state index contributed by atoms with van der Waals surface area (Å²) in [4.78, 5) is 132. The molecule has 0 aliphatic carbocycles. The summed E-state index contributed by atoms with van der Waals surface area (Å²) in [6, 6.07) is -1.49. The van der Waals surface area contributed by atoms with Gasteiger partial charge in [-0.05, 0) is 0 Å². The fourth-order valence-corrected chi connectivity index (χ4v) is 8.54. The largest absolute Gasteiger partial charge is 0.480 e. The van der Waals surface area contributed by atoms with E-state index in [1.54, 1.807) is 0 Å². The van der Waals surface area contributed by atoms with Crippen LogP contribution in [0.15, 0.2) is 0 Å². The van der Waals surface area contributed by atoms with E-state index in [-0.39, 0.29) is 170 Å². The number of carbonyl (C=O) groups excluding carboxylic acids is 4. The van der Waals surface area contributed by atoms with Gasteiger partial charge in [0.15, 0.2) is 18.9 Å². The van der Waals surface area contributed by atoms with Gasteiger partial charge in [0.05, 0.1) is 132 Å². The lowest BCUT2D eigenvalue weighted by molar-refractivity contribution is -0.365. The molecule has 0 radical (unpaired) electrons. The highest BCUT2D eigenvalue weighted by molar-refractivity contribution is 5.80. The van der Waals surface area contributed by atoms with Crippen LogP contribution in [0, 0.1) is 0 Å². The molecule has 0 aromatic rings. The van der Waals surface area contributed by atoms with Gasteiger partial charge < -0.3 is 158 Å². The van der Waals surface area contributed by atoms with Crippen LogP contribution in [0.2, 0.25) is 0 Å². The number of hydrogen-bond donors (Lipinski definition) is 22. The molecule has 0 aliphatic heterocycles. The lowest BCUT2D eigenvalue weighted by atomic mass is 10.4. The zero-order valence-corrected chi connectivity index (χ0v) is 60.9. The number of carbonyl (C=O) groups is 11. The third kappa shape index (κ3) is 75.1. The number of rotatable bonds is 70. The molecule has 0 saturated carbocycles. The smallest absolute Gasteiger partial charge is 0.323 e. The Morgan fingerprint density at radius 1 is 0.292 bits per heavy atom. The van der Waals surface area contributed by atoms with Crippen LogP contribution in [0.5, 0.6) is 0 Å². The van der Waals surface area contributed by atoms with Crippen molar-refractivity contribution in [3.63, 3.8) is 0 Å². The number of amides is 6. The molecular formula is C60H121N16O30+. The number of nitrogens with zero attached hydrogens (tertiary/aromatic N) is 7. The fraction of sp³-hybridized carbons (Fsp3) is 0.817. The average Bonchev–Trinajstić information content (AvgIpc) is 0.880. The lowest BCUT2D eigenvalue weighted by Crippen LogP contribution is -2.54. The van der Waals surface area contributed by atoms with E-state index in [0.717, 1.165) is 81.8 Å². The number of quaternary nitrogens is 1. The normalized spacial score (nSPS) is 11.2. The van der Waals surface area contributed by atoms with Crippen LogP contribution < -0.4 is 48.3 Å².